The van der Waals surface area contributed by atoms with Crippen molar-refractivity contribution in [2.24, 2.45) is 0 Å². The summed E-state index contributed by atoms with van der Waals surface area (Å²) in [7, 11) is 3.02. The maximum atomic E-state index is 13.7. The molecule has 6 rings (SSSR count). The Balaban J connectivity index is 1.17. The molecule has 0 spiro atoms. The number of nitrogens with one attached hydrogen (secondary N) is 3. The van der Waals surface area contributed by atoms with Gasteiger partial charge in [0.05, 0.1) is 14.2 Å². The van der Waals surface area contributed by atoms with Gasteiger partial charge in [0.1, 0.15) is 22.4 Å². The summed E-state index contributed by atoms with van der Waals surface area (Å²) in [5, 5.41) is 8.09. The molecule has 0 radical (unpaired) electrons. The molecule has 10 heteroatoms. The third-order valence-electron chi connectivity index (χ3n) is 8.07. The Labute approximate surface area is 318 Å². The Hall–Kier alpha value is -6.78. The van der Waals surface area contributed by atoms with Crippen LogP contribution >= 0.6 is 11.8 Å². The SMILES string of the molecule is COc1cccc(/C=C(\NC(=O)c2ccccc2)C(=O)Nc2ccc(SC(C(=O)Nc3ccc(Oc4ccccc4)cc3)c3ccccc3)cc2)c1OC. The first-order chi connectivity index (χ1) is 26.4. The molecule has 0 aliphatic heterocycles. The van der Waals surface area contributed by atoms with Gasteiger partial charge in [-0.1, -0.05) is 78.9 Å². The zero-order chi connectivity index (χ0) is 37.7. The van der Waals surface area contributed by atoms with E-state index >= 15 is 0 Å². The summed E-state index contributed by atoms with van der Waals surface area (Å²) in [5.74, 6) is 1.06. The molecule has 3 amide bonds. The number of anilines is 2. The second kappa shape index (κ2) is 18.1. The Bertz CT molecular complexity index is 2210. The third kappa shape index (κ3) is 9.75. The van der Waals surface area contributed by atoms with Crippen LogP contribution in [0.25, 0.3) is 6.08 Å². The number of ether oxygens (including phenoxy) is 3. The number of carbonyl (C=O) groups is 3. The molecule has 6 aromatic rings. The summed E-state index contributed by atoms with van der Waals surface area (Å²) in [6, 6.07) is 47.2. The summed E-state index contributed by atoms with van der Waals surface area (Å²) in [5.41, 5.74) is 2.87. The molecule has 0 saturated heterocycles. The quantitative estimate of drug-likeness (QED) is 0.0755. The van der Waals surface area contributed by atoms with Gasteiger partial charge < -0.3 is 30.2 Å². The third-order valence-corrected chi connectivity index (χ3v) is 9.34. The molecule has 1 atom stereocenters. The molecule has 0 aromatic heterocycles. The lowest BCUT2D eigenvalue weighted by Crippen LogP contribution is -2.30. The summed E-state index contributed by atoms with van der Waals surface area (Å²) in [6.07, 6.45) is 1.54. The number of rotatable bonds is 14. The monoisotopic (exact) mass is 735 g/mol. The van der Waals surface area contributed by atoms with Crippen LogP contribution in [0.4, 0.5) is 11.4 Å². The van der Waals surface area contributed by atoms with E-state index in [1.54, 1.807) is 84.9 Å². The van der Waals surface area contributed by atoms with Crippen molar-refractivity contribution in [2.75, 3.05) is 24.9 Å². The molecule has 0 fully saturated rings. The van der Waals surface area contributed by atoms with E-state index in [2.05, 4.69) is 16.0 Å². The number of methoxy groups -OCH3 is 2. The van der Waals surface area contributed by atoms with Gasteiger partial charge in [-0.25, -0.2) is 0 Å². The van der Waals surface area contributed by atoms with Crippen LogP contribution in [0.5, 0.6) is 23.0 Å². The molecule has 0 bridgehead atoms. The van der Waals surface area contributed by atoms with E-state index in [1.165, 1.54) is 32.1 Å². The first-order valence-electron chi connectivity index (χ1n) is 17.0. The summed E-state index contributed by atoms with van der Waals surface area (Å²) in [4.78, 5) is 41.4. The number of para-hydroxylation sites is 2. The first-order valence-corrected chi connectivity index (χ1v) is 17.8. The average Bonchev–Trinajstić information content (AvgIpc) is 3.21. The Morgan fingerprint density at radius 2 is 1.20 bits per heavy atom. The predicted octanol–water partition coefficient (Wildman–Crippen LogP) is 9.38. The van der Waals surface area contributed by atoms with E-state index in [1.807, 2.05) is 72.8 Å². The van der Waals surface area contributed by atoms with Gasteiger partial charge in [-0.3, -0.25) is 14.4 Å². The van der Waals surface area contributed by atoms with Gasteiger partial charge >= 0.3 is 0 Å². The van der Waals surface area contributed by atoms with E-state index in [-0.39, 0.29) is 11.6 Å². The van der Waals surface area contributed by atoms with Crippen LogP contribution in [0.2, 0.25) is 0 Å². The van der Waals surface area contributed by atoms with Crippen molar-refractivity contribution in [1.82, 2.24) is 5.32 Å². The number of carbonyl (C=O) groups excluding carboxylic acids is 3. The number of hydrogen-bond acceptors (Lipinski definition) is 7. The van der Waals surface area contributed by atoms with Crippen LogP contribution in [0.15, 0.2) is 168 Å². The van der Waals surface area contributed by atoms with E-state index in [0.717, 1.165) is 16.2 Å². The largest absolute Gasteiger partial charge is 0.493 e. The van der Waals surface area contributed by atoms with E-state index < -0.39 is 17.1 Å². The Morgan fingerprint density at radius 3 is 1.85 bits per heavy atom. The van der Waals surface area contributed by atoms with Crippen molar-refractivity contribution >= 4 is 46.9 Å². The van der Waals surface area contributed by atoms with Crippen molar-refractivity contribution in [3.8, 4) is 23.0 Å². The van der Waals surface area contributed by atoms with Gasteiger partial charge in [-0.05, 0) is 90.5 Å². The van der Waals surface area contributed by atoms with Crippen LogP contribution in [0.3, 0.4) is 0 Å². The second-order valence-corrected chi connectivity index (χ2v) is 13.0. The van der Waals surface area contributed by atoms with Crippen LogP contribution in [0, 0.1) is 0 Å². The zero-order valence-corrected chi connectivity index (χ0v) is 30.3. The fourth-order valence-corrected chi connectivity index (χ4v) is 6.44. The molecule has 270 valence electrons. The molecular weight excluding hydrogens is 699 g/mol. The fourth-order valence-electron chi connectivity index (χ4n) is 5.41. The topological polar surface area (TPSA) is 115 Å². The molecule has 0 heterocycles. The lowest BCUT2D eigenvalue weighted by atomic mass is 10.1. The summed E-state index contributed by atoms with van der Waals surface area (Å²) < 4.78 is 16.9. The highest BCUT2D eigenvalue weighted by atomic mass is 32.2. The highest BCUT2D eigenvalue weighted by molar-refractivity contribution is 8.00. The maximum Gasteiger partial charge on any atom is 0.272 e. The molecular formula is C44H37N3O6S. The van der Waals surface area contributed by atoms with Gasteiger partial charge in [0, 0.05) is 27.4 Å². The Kier molecular flexibility index (Phi) is 12.4. The van der Waals surface area contributed by atoms with Crippen LogP contribution in [-0.2, 0) is 9.59 Å². The van der Waals surface area contributed by atoms with Gasteiger partial charge in [-0.15, -0.1) is 11.8 Å². The van der Waals surface area contributed by atoms with E-state index in [4.69, 9.17) is 14.2 Å². The van der Waals surface area contributed by atoms with Crippen molar-refractivity contribution in [3.05, 3.63) is 180 Å². The van der Waals surface area contributed by atoms with Gasteiger partial charge in [0.2, 0.25) is 5.91 Å². The molecule has 9 nitrogen and oxygen atoms in total. The number of amides is 3. The van der Waals surface area contributed by atoms with Gasteiger partial charge in [0.15, 0.2) is 11.5 Å². The highest BCUT2D eigenvalue weighted by Crippen LogP contribution is 2.37. The van der Waals surface area contributed by atoms with Crippen molar-refractivity contribution < 1.29 is 28.6 Å². The maximum absolute atomic E-state index is 13.7. The number of thioether (sulfide) groups is 1. The minimum atomic E-state index is -0.576. The molecule has 54 heavy (non-hydrogen) atoms. The van der Waals surface area contributed by atoms with Crippen molar-refractivity contribution in [1.29, 1.82) is 0 Å². The van der Waals surface area contributed by atoms with Gasteiger partial charge in [0.25, 0.3) is 11.8 Å². The predicted molar refractivity (Wildman–Crippen MR) is 213 cm³/mol. The minimum Gasteiger partial charge on any atom is -0.493 e. The second-order valence-electron chi connectivity index (χ2n) is 11.8. The average molecular weight is 736 g/mol. The number of hydrogen-bond donors (Lipinski definition) is 3. The van der Waals surface area contributed by atoms with E-state index in [0.29, 0.717) is 39.8 Å². The summed E-state index contributed by atoms with van der Waals surface area (Å²) in [6.45, 7) is 0. The molecule has 1 unspecified atom stereocenters. The molecule has 6 aromatic carbocycles. The lowest BCUT2D eigenvalue weighted by molar-refractivity contribution is -0.116. The van der Waals surface area contributed by atoms with Crippen LogP contribution in [0.1, 0.15) is 26.7 Å². The molecule has 0 saturated carbocycles. The molecule has 0 aliphatic rings. The lowest BCUT2D eigenvalue weighted by Gasteiger charge is -2.18. The highest BCUT2D eigenvalue weighted by Gasteiger charge is 2.23. The van der Waals surface area contributed by atoms with Crippen molar-refractivity contribution in [3.63, 3.8) is 0 Å². The standard InChI is InChI=1S/C44H37N3O6S/c1-51-39-20-12-17-32(40(39)52-2)29-38(47-42(48)31-15-8-4-9-16-31)43(49)45-34-23-27-37(28-24-34)54-41(30-13-6-3-7-14-30)44(50)46-33-21-25-36(26-22-33)53-35-18-10-5-11-19-35/h3-29,41H,1-2H3,(H,45,49)(H,46,50)(H,47,48)/b38-29-. The van der Waals surface area contributed by atoms with Crippen molar-refractivity contribution in [2.45, 2.75) is 10.1 Å². The number of benzene rings is 6. The molecule has 3 N–H and O–H groups in total. The summed E-state index contributed by atoms with van der Waals surface area (Å²) >= 11 is 1.38. The molecule has 0 aliphatic carbocycles. The fraction of sp³-hybridized carbons (Fsp3) is 0.0682. The Morgan fingerprint density at radius 1 is 0.611 bits per heavy atom. The zero-order valence-electron chi connectivity index (χ0n) is 29.5. The van der Waals surface area contributed by atoms with E-state index in [9.17, 15) is 14.4 Å². The smallest absolute Gasteiger partial charge is 0.272 e. The minimum absolute atomic E-state index is 0.00525. The normalized spacial score (nSPS) is 11.5. The van der Waals surface area contributed by atoms with Crippen LogP contribution < -0.4 is 30.2 Å². The van der Waals surface area contributed by atoms with Gasteiger partial charge in [-0.2, -0.15) is 0 Å². The first kappa shape index (κ1) is 37.0. The van der Waals surface area contributed by atoms with Crippen LogP contribution in [-0.4, -0.2) is 31.9 Å².